The van der Waals surface area contributed by atoms with Crippen LogP contribution in [0, 0.1) is 16.5 Å². The zero-order chi connectivity index (χ0) is 16.7. The van der Waals surface area contributed by atoms with Gasteiger partial charge in [0.05, 0.1) is 17.7 Å². The fourth-order valence-electron chi connectivity index (χ4n) is 2.09. The van der Waals surface area contributed by atoms with Crippen molar-refractivity contribution in [1.82, 2.24) is 0 Å². The number of pyridine rings is 1. The maximum absolute atomic E-state index is 12.7. The van der Waals surface area contributed by atoms with Crippen LogP contribution in [0.1, 0.15) is 13.3 Å². The topological polar surface area (TPSA) is 71.0 Å². The van der Waals surface area contributed by atoms with Crippen molar-refractivity contribution in [2.75, 3.05) is 11.4 Å². The lowest BCUT2D eigenvalue weighted by atomic mass is 10.2. The molecule has 0 bridgehead atoms. The molecule has 1 aromatic carbocycles. The van der Waals surface area contributed by atoms with Gasteiger partial charge in [-0.05, 0) is 36.9 Å². The third-order valence-electron chi connectivity index (χ3n) is 3.21. The quantitative estimate of drug-likeness (QED) is 0.465. The normalized spacial score (nSPS) is 11.5. The molecule has 1 aromatic heterocycles. The first-order valence-corrected chi connectivity index (χ1v) is 8.09. The maximum atomic E-state index is 12.7. The second-order valence-electron chi connectivity index (χ2n) is 4.86. The largest absolute Gasteiger partial charge is 0.618 e. The third kappa shape index (κ3) is 4.47. The molecular formula is C17H17N3O2S. The molecule has 6 heteroatoms. The smallest absolute Gasteiger partial charge is 0.252 e. The SMILES string of the molecule is C[C@@H](Sc1cccc[n+]1[O-])C(=O)N(CCC#N)c1ccccc1. The Kier molecular flexibility index (Phi) is 6.01. The molecule has 0 aliphatic rings. The first-order valence-electron chi connectivity index (χ1n) is 7.21. The number of para-hydroxylation sites is 1. The molecule has 0 fully saturated rings. The summed E-state index contributed by atoms with van der Waals surface area (Å²) in [6.45, 7) is 2.10. The number of rotatable bonds is 6. The van der Waals surface area contributed by atoms with E-state index in [-0.39, 0.29) is 12.3 Å². The summed E-state index contributed by atoms with van der Waals surface area (Å²) in [5.41, 5.74) is 0.753. The number of carbonyl (C=O) groups is 1. The summed E-state index contributed by atoms with van der Waals surface area (Å²) in [7, 11) is 0. The molecule has 0 radical (unpaired) electrons. The molecule has 0 aliphatic carbocycles. The lowest BCUT2D eigenvalue weighted by Gasteiger charge is -2.24. The van der Waals surface area contributed by atoms with Gasteiger partial charge in [-0.3, -0.25) is 4.79 Å². The molecular weight excluding hydrogens is 310 g/mol. The Morgan fingerprint density at radius 3 is 2.65 bits per heavy atom. The van der Waals surface area contributed by atoms with E-state index in [2.05, 4.69) is 6.07 Å². The van der Waals surface area contributed by atoms with Gasteiger partial charge >= 0.3 is 0 Å². The van der Waals surface area contributed by atoms with Gasteiger partial charge in [0.25, 0.3) is 5.03 Å². The minimum atomic E-state index is -0.434. The molecule has 2 aromatic rings. The Morgan fingerprint density at radius 2 is 2.00 bits per heavy atom. The van der Waals surface area contributed by atoms with Gasteiger partial charge in [-0.15, -0.1) is 0 Å². The summed E-state index contributed by atoms with van der Waals surface area (Å²) >= 11 is 1.21. The van der Waals surface area contributed by atoms with Gasteiger partial charge in [0.1, 0.15) is 0 Å². The first kappa shape index (κ1) is 16.8. The summed E-state index contributed by atoms with van der Waals surface area (Å²) in [5.74, 6) is -0.125. The molecule has 5 nitrogen and oxygen atoms in total. The van der Waals surface area contributed by atoms with Crippen molar-refractivity contribution >= 4 is 23.4 Å². The van der Waals surface area contributed by atoms with Gasteiger partial charge in [0.2, 0.25) is 5.91 Å². The van der Waals surface area contributed by atoms with Crippen LogP contribution in [0.2, 0.25) is 0 Å². The number of benzene rings is 1. The molecule has 1 heterocycles. The number of aromatic nitrogens is 1. The van der Waals surface area contributed by atoms with E-state index < -0.39 is 5.25 Å². The average molecular weight is 327 g/mol. The Labute approximate surface area is 139 Å². The van der Waals surface area contributed by atoms with E-state index in [0.29, 0.717) is 11.6 Å². The van der Waals surface area contributed by atoms with Gasteiger partial charge in [-0.25, -0.2) is 0 Å². The van der Waals surface area contributed by atoms with Crippen LogP contribution in [0.4, 0.5) is 5.69 Å². The highest BCUT2D eigenvalue weighted by molar-refractivity contribution is 8.00. The summed E-state index contributed by atoms with van der Waals surface area (Å²) in [5, 5.41) is 20.6. The minimum absolute atomic E-state index is 0.125. The molecule has 0 saturated carbocycles. The first-order chi connectivity index (χ1) is 11.1. The highest BCUT2D eigenvalue weighted by Crippen LogP contribution is 2.24. The van der Waals surface area contributed by atoms with Gasteiger partial charge in [0.15, 0.2) is 6.20 Å². The summed E-state index contributed by atoms with van der Waals surface area (Å²) < 4.78 is 0.747. The third-order valence-corrected chi connectivity index (χ3v) is 4.33. The van der Waals surface area contributed by atoms with E-state index >= 15 is 0 Å². The minimum Gasteiger partial charge on any atom is -0.618 e. The molecule has 118 valence electrons. The molecule has 0 aliphatic heterocycles. The van der Waals surface area contributed by atoms with Crippen molar-refractivity contribution in [3.8, 4) is 6.07 Å². The van der Waals surface area contributed by atoms with Crippen molar-refractivity contribution < 1.29 is 9.52 Å². The van der Waals surface area contributed by atoms with Crippen molar-refractivity contribution in [1.29, 1.82) is 5.26 Å². The summed E-state index contributed by atoms with van der Waals surface area (Å²) in [6, 6.07) is 16.4. The second kappa shape index (κ2) is 8.20. The molecule has 0 spiro atoms. The van der Waals surface area contributed by atoms with Crippen LogP contribution in [-0.2, 0) is 4.79 Å². The van der Waals surface area contributed by atoms with Crippen molar-refractivity contribution in [2.45, 2.75) is 23.6 Å². The number of hydrogen-bond donors (Lipinski definition) is 0. The van der Waals surface area contributed by atoms with Crippen molar-refractivity contribution in [3.05, 3.63) is 59.9 Å². The number of nitriles is 1. The Bertz CT molecular complexity index is 700. The van der Waals surface area contributed by atoms with E-state index in [1.807, 2.05) is 30.3 Å². The van der Waals surface area contributed by atoms with Crippen LogP contribution in [-0.4, -0.2) is 17.7 Å². The fraction of sp³-hybridized carbons (Fsp3) is 0.235. The molecule has 0 unspecified atom stereocenters. The Balaban J connectivity index is 2.16. The molecule has 0 N–H and O–H groups in total. The van der Waals surface area contributed by atoms with Crippen molar-refractivity contribution in [3.63, 3.8) is 0 Å². The van der Waals surface area contributed by atoms with E-state index in [4.69, 9.17) is 5.26 Å². The number of thioether (sulfide) groups is 1. The van der Waals surface area contributed by atoms with Gasteiger partial charge < -0.3 is 10.1 Å². The van der Waals surface area contributed by atoms with Crippen LogP contribution in [0.3, 0.4) is 0 Å². The average Bonchev–Trinajstić information content (AvgIpc) is 2.58. The monoisotopic (exact) mass is 327 g/mol. The van der Waals surface area contributed by atoms with E-state index in [9.17, 15) is 10.0 Å². The molecule has 23 heavy (non-hydrogen) atoms. The maximum Gasteiger partial charge on any atom is 0.252 e. The van der Waals surface area contributed by atoms with Crippen molar-refractivity contribution in [2.24, 2.45) is 0 Å². The van der Waals surface area contributed by atoms with Crippen LogP contribution >= 0.6 is 11.8 Å². The molecule has 2 rings (SSSR count). The van der Waals surface area contributed by atoms with Crippen LogP contribution < -0.4 is 9.63 Å². The van der Waals surface area contributed by atoms with Crippen LogP contribution in [0.15, 0.2) is 59.8 Å². The highest BCUT2D eigenvalue weighted by atomic mass is 32.2. The predicted octanol–water partition coefficient (Wildman–Crippen LogP) is 2.75. The van der Waals surface area contributed by atoms with Gasteiger partial charge in [0, 0.05) is 24.4 Å². The summed E-state index contributed by atoms with van der Waals surface area (Å²) in [6.07, 6.45) is 1.66. The summed E-state index contributed by atoms with van der Waals surface area (Å²) in [4.78, 5) is 14.3. The molecule has 1 amide bonds. The highest BCUT2D eigenvalue weighted by Gasteiger charge is 2.24. The van der Waals surface area contributed by atoms with E-state index in [0.717, 1.165) is 10.4 Å². The number of carbonyl (C=O) groups excluding carboxylic acids is 1. The zero-order valence-electron chi connectivity index (χ0n) is 12.8. The van der Waals surface area contributed by atoms with E-state index in [1.165, 1.54) is 18.0 Å². The lowest BCUT2D eigenvalue weighted by Crippen LogP contribution is -2.38. The number of nitrogens with zero attached hydrogens (tertiary/aromatic N) is 3. The molecule has 0 saturated heterocycles. The number of amides is 1. The number of hydrogen-bond acceptors (Lipinski definition) is 4. The Morgan fingerprint density at radius 1 is 1.30 bits per heavy atom. The van der Waals surface area contributed by atoms with Gasteiger partial charge in [-0.1, -0.05) is 18.2 Å². The predicted molar refractivity (Wildman–Crippen MR) is 89.7 cm³/mol. The van der Waals surface area contributed by atoms with Gasteiger partial charge in [-0.2, -0.15) is 9.99 Å². The number of anilines is 1. The second-order valence-corrected chi connectivity index (χ2v) is 6.22. The standard InChI is InChI=1S/C17H17N3O2S/c1-14(23-16-10-5-6-13-20(16)22)17(21)19(12-7-11-18)15-8-3-2-4-9-15/h2-6,8-10,13-14H,7,12H2,1H3/t14-/m1/s1. The van der Waals surface area contributed by atoms with Crippen LogP contribution in [0.25, 0.3) is 0 Å². The fourth-order valence-corrected chi connectivity index (χ4v) is 3.00. The molecule has 1 atom stereocenters. The van der Waals surface area contributed by atoms with E-state index in [1.54, 1.807) is 30.0 Å². The lowest BCUT2D eigenvalue weighted by molar-refractivity contribution is -0.645. The Hall–Kier alpha value is -2.52. The zero-order valence-corrected chi connectivity index (χ0v) is 13.6. The van der Waals surface area contributed by atoms with Crippen LogP contribution in [0.5, 0.6) is 0 Å².